The first-order chi connectivity index (χ1) is 8.69. The molecular formula is C16H18FeO2+2. The third-order valence-electron chi connectivity index (χ3n) is 2.61. The molecule has 0 saturated heterocycles. The molecule has 0 aromatic rings. The largest absolute Gasteiger partial charge is 2.00 e. The molecule has 0 aliphatic heterocycles. The van der Waals surface area contributed by atoms with Crippen molar-refractivity contribution in [3.05, 3.63) is 63.2 Å². The maximum atomic E-state index is 10.9. The van der Waals surface area contributed by atoms with Gasteiger partial charge < -0.3 is 0 Å². The Morgan fingerprint density at radius 2 is 1.00 bits per heavy atom. The van der Waals surface area contributed by atoms with Gasteiger partial charge in [0, 0.05) is 24.7 Å². The molecule has 2 aliphatic rings. The molecule has 0 spiro atoms. The molecule has 2 nitrogen and oxygen atoms in total. The number of hydrogen-bond acceptors (Lipinski definition) is 2. The van der Waals surface area contributed by atoms with Gasteiger partial charge in [0.05, 0.1) is 0 Å². The summed E-state index contributed by atoms with van der Waals surface area (Å²) in [6.45, 7) is 3.74. The van der Waals surface area contributed by atoms with E-state index < -0.39 is 0 Å². The summed E-state index contributed by atoms with van der Waals surface area (Å²) in [7, 11) is 0. The smallest absolute Gasteiger partial charge is 0.299 e. The molecular weight excluding hydrogens is 280 g/mol. The van der Waals surface area contributed by atoms with E-state index in [1.165, 1.54) is 0 Å². The second-order valence-electron chi connectivity index (χ2n) is 3.90. The van der Waals surface area contributed by atoms with Crippen molar-refractivity contribution < 1.29 is 26.7 Å². The molecule has 2 rings (SSSR count). The minimum atomic E-state index is 0. The summed E-state index contributed by atoms with van der Waals surface area (Å²) in [6.07, 6.45) is 16.1. The molecule has 0 bridgehead atoms. The third-order valence-corrected chi connectivity index (χ3v) is 2.61. The predicted molar refractivity (Wildman–Crippen MR) is 71.5 cm³/mol. The summed E-state index contributed by atoms with van der Waals surface area (Å²) in [5.41, 5.74) is 0. The molecule has 0 heterocycles. The van der Waals surface area contributed by atoms with Crippen LogP contribution in [0.5, 0.6) is 0 Å². The van der Waals surface area contributed by atoms with E-state index >= 15 is 0 Å². The fourth-order valence-electron chi connectivity index (χ4n) is 1.53. The molecule has 2 saturated carbocycles. The summed E-state index contributed by atoms with van der Waals surface area (Å²) < 4.78 is 0. The van der Waals surface area contributed by atoms with Gasteiger partial charge in [-0.25, -0.2) is 0 Å². The third kappa shape index (κ3) is 6.72. The van der Waals surface area contributed by atoms with Crippen LogP contribution in [0.3, 0.4) is 0 Å². The summed E-state index contributed by atoms with van der Waals surface area (Å²) >= 11 is 0. The van der Waals surface area contributed by atoms with E-state index in [1.807, 2.05) is 65.2 Å². The van der Waals surface area contributed by atoms with Crippen LogP contribution in [0, 0.1) is 63.2 Å². The average Bonchev–Trinajstić information content (AvgIpc) is 3.09. The average molecular weight is 298 g/mol. The first-order valence-corrected chi connectivity index (χ1v) is 6.18. The van der Waals surface area contributed by atoms with E-state index in [0.29, 0.717) is 12.8 Å². The summed E-state index contributed by atoms with van der Waals surface area (Å²) in [5.74, 6) is 2.11. The molecule has 19 heavy (non-hydrogen) atoms. The van der Waals surface area contributed by atoms with Crippen LogP contribution in [0.15, 0.2) is 0 Å². The van der Waals surface area contributed by atoms with Crippen molar-refractivity contribution in [2.75, 3.05) is 0 Å². The van der Waals surface area contributed by atoms with Crippen LogP contribution in [-0.4, -0.2) is 11.6 Å². The molecule has 0 unspecified atom stereocenters. The monoisotopic (exact) mass is 298 g/mol. The van der Waals surface area contributed by atoms with Crippen molar-refractivity contribution in [1.29, 1.82) is 0 Å². The molecule has 10 radical (unpaired) electrons. The number of Topliss-reactive ketones (excluding diaryl/α,β-unsaturated/α-hetero) is 2. The van der Waals surface area contributed by atoms with E-state index in [0.717, 1.165) is 11.8 Å². The second-order valence-corrected chi connectivity index (χ2v) is 3.90. The van der Waals surface area contributed by atoms with Crippen LogP contribution in [-0.2, 0) is 26.7 Å². The first kappa shape index (κ1) is 18.9. The van der Waals surface area contributed by atoms with Crippen LogP contribution in [0.4, 0.5) is 0 Å². The van der Waals surface area contributed by atoms with Gasteiger partial charge in [0.25, 0.3) is 0 Å². The predicted octanol–water partition coefficient (Wildman–Crippen LogP) is 2.74. The van der Waals surface area contributed by atoms with E-state index in [9.17, 15) is 9.59 Å². The van der Waals surface area contributed by atoms with Gasteiger partial charge in [0.15, 0.2) is 0 Å². The first-order valence-electron chi connectivity index (χ1n) is 6.18. The molecule has 3 heteroatoms. The van der Waals surface area contributed by atoms with Crippen molar-refractivity contribution in [2.24, 2.45) is 0 Å². The Kier molecular flexibility index (Phi) is 10.5. The number of rotatable bonds is 4. The number of ketones is 2. The zero-order chi connectivity index (χ0) is 13.4. The van der Waals surface area contributed by atoms with Gasteiger partial charge in [0.1, 0.15) is 11.6 Å². The molecule has 0 atom stereocenters. The van der Waals surface area contributed by atoms with Crippen molar-refractivity contribution in [2.45, 2.75) is 26.7 Å². The SMILES string of the molecule is CCC(=O)[C]1[CH][CH][CH][CH]1.CCC(=O)[C]1[CH][CH][CH][CH]1.[Fe+2]. The fraction of sp³-hybridized carbons (Fsp3) is 0.250. The van der Waals surface area contributed by atoms with Crippen LogP contribution < -0.4 is 0 Å². The Balaban J connectivity index is 0.000000324. The standard InChI is InChI=1S/2C8H9O.Fe/c2*1-2-8(9)7-5-3-4-6-7;/h2*3-6H,2H2,1H3;/q;;+2. The summed E-state index contributed by atoms with van der Waals surface area (Å²) in [4.78, 5) is 21.7. The van der Waals surface area contributed by atoms with Gasteiger partial charge in [-0.1, -0.05) is 13.8 Å². The van der Waals surface area contributed by atoms with Crippen molar-refractivity contribution in [3.63, 3.8) is 0 Å². The maximum Gasteiger partial charge on any atom is 2.00 e. The van der Waals surface area contributed by atoms with E-state index in [2.05, 4.69) is 0 Å². The summed E-state index contributed by atoms with van der Waals surface area (Å²) in [6, 6.07) is 0. The fourth-order valence-corrected chi connectivity index (χ4v) is 1.53. The number of carbonyl (C=O) groups is 2. The molecule has 2 aliphatic carbocycles. The van der Waals surface area contributed by atoms with Gasteiger partial charge in [-0.3, -0.25) is 9.59 Å². The zero-order valence-corrected chi connectivity index (χ0v) is 12.3. The van der Waals surface area contributed by atoms with E-state index in [4.69, 9.17) is 0 Å². The minimum absolute atomic E-state index is 0. The topological polar surface area (TPSA) is 34.1 Å². The Morgan fingerprint density at radius 1 is 0.737 bits per heavy atom. The van der Waals surface area contributed by atoms with Crippen LogP contribution in [0.25, 0.3) is 0 Å². The van der Waals surface area contributed by atoms with Gasteiger partial charge in [-0.05, 0) is 51.4 Å². The Labute approximate surface area is 128 Å². The molecule has 0 N–H and O–H groups in total. The van der Waals surface area contributed by atoms with Crippen molar-refractivity contribution in [1.82, 2.24) is 0 Å². The van der Waals surface area contributed by atoms with Gasteiger partial charge in [0.2, 0.25) is 0 Å². The molecule has 0 aromatic carbocycles. The number of carbonyl (C=O) groups excluding carboxylic acids is 2. The van der Waals surface area contributed by atoms with Crippen LogP contribution in [0.2, 0.25) is 0 Å². The Bertz CT molecular complexity index is 236. The van der Waals surface area contributed by atoms with Crippen LogP contribution >= 0.6 is 0 Å². The Hall–Kier alpha value is -0.141. The number of hydrogen-bond donors (Lipinski definition) is 0. The molecule has 100 valence electrons. The van der Waals surface area contributed by atoms with E-state index in [1.54, 1.807) is 0 Å². The molecule has 0 amide bonds. The van der Waals surface area contributed by atoms with Gasteiger partial charge >= 0.3 is 17.1 Å². The Morgan fingerprint density at radius 3 is 1.21 bits per heavy atom. The van der Waals surface area contributed by atoms with Gasteiger partial charge in [-0.2, -0.15) is 0 Å². The zero-order valence-electron chi connectivity index (χ0n) is 11.2. The summed E-state index contributed by atoms with van der Waals surface area (Å²) in [5, 5.41) is 0. The van der Waals surface area contributed by atoms with Crippen molar-refractivity contribution >= 4 is 11.6 Å². The normalized spacial score (nSPS) is 19.5. The van der Waals surface area contributed by atoms with Gasteiger partial charge in [-0.15, -0.1) is 0 Å². The van der Waals surface area contributed by atoms with Crippen LogP contribution in [0.1, 0.15) is 26.7 Å². The maximum absolute atomic E-state index is 10.9. The quantitative estimate of drug-likeness (QED) is 0.748. The second kappa shape index (κ2) is 10.6. The van der Waals surface area contributed by atoms with E-state index in [-0.39, 0.29) is 28.6 Å². The van der Waals surface area contributed by atoms with Crippen molar-refractivity contribution in [3.8, 4) is 0 Å². The molecule has 2 fully saturated rings. The molecule has 0 aromatic heterocycles. The minimum Gasteiger partial charge on any atom is -0.299 e.